The minimum atomic E-state index is 0.875. The number of fused-ring (bicyclic) bond motifs is 3. The second kappa shape index (κ2) is 3.43. The first kappa shape index (κ1) is 9.07. The molecule has 0 radical (unpaired) electrons. The molecule has 0 saturated carbocycles. The number of hydrogen-bond donors (Lipinski definition) is 1. The van der Waals surface area contributed by atoms with Crippen LogP contribution in [-0.4, -0.2) is 12.0 Å². The van der Waals surface area contributed by atoms with Crippen LogP contribution in [0.15, 0.2) is 24.3 Å². The molecule has 3 rings (SSSR count). The highest BCUT2D eigenvalue weighted by molar-refractivity contribution is 7.12. The zero-order chi connectivity index (χ0) is 10.3. The number of rotatable bonds is 2. The highest BCUT2D eigenvalue weighted by atomic mass is 32.1. The third-order valence-electron chi connectivity index (χ3n) is 2.69. The average molecular weight is 216 g/mol. The molecule has 0 amide bonds. The van der Waals surface area contributed by atoms with E-state index in [9.17, 15) is 0 Å². The van der Waals surface area contributed by atoms with Gasteiger partial charge in [-0.15, -0.1) is 11.3 Å². The molecule has 1 heterocycles. The maximum absolute atomic E-state index is 4.68. The fourth-order valence-electron chi connectivity index (χ4n) is 2.04. The molecule has 1 aromatic carbocycles. The molecule has 0 saturated heterocycles. The van der Waals surface area contributed by atoms with Crippen molar-refractivity contribution in [3.8, 4) is 11.3 Å². The van der Waals surface area contributed by atoms with E-state index in [1.807, 2.05) is 18.4 Å². The normalized spacial score (nSPS) is 12.6. The fourth-order valence-corrected chi connectivity index (χ4v) is 3.15. The monoisotopic (exact) mass is 216 g/mol. The lowest BCUT2D eigenvalue weighted by molar-refractivity contribution is 0.811. The van der Waals surface area contributed by atoms with Crippen molar-refractivity contribution in [2.75, 3.05) is 7.05 Å². The molecule has 0 spiro atoms. The number of benzene rings is 1. The van der Waals surface area contributed by atoms with Crippen molar-refractivity contribution in [1.29, 1.82) is 0 Å². The predicted octanol–water partition coefficient (Wildman–Crippen LogP) is 2.43. The Morgan fingerprint density at radius 2 is 2.27 bits per heavy atom. The second-order valence-electron chi connectivity index (χ2n) is 3.74. The van der Waals surface area contributed by atoms with Gasteiger partial charge < -0.3 is 5.32 Å². The van der Waals surface area contributed by atoms with Gasteiger partial charge in [0.15, 0.2) is 0 Å². The van der Waals surface area contributed by atoms with Gasteiger partial charge in [-0.2, -0.15) is 0 Å². The zero-order valence-corrected chi connectivity index (χ0v) is 9.40. The van der Waals surface area contributed by atoms with Crippen LogP contribution in [0, 0.1) is 0 Å². The second-order valence-corrected chi connectivity index (χ2v) is 4.91. The van der Waals surface area contributed by atoms with Crippen LogP contribution < -0.4 is 5.32 Å². The van der Waals surface area contributed by atoms with Crippen molar-refractivity contribution in [2.24, 2.45) is 0 Å². The summed E-state index contributed by atoms with van der Waals surface area (Å²) >= 11 is 1.83. The van der Waals surface area contributed by atoms with Gasteiger partial charge in [-0.1, -0.05) is 24.3 Å². The molecular formula is C12H12N2S. The standard InChI is InChI=1S/C12H12N2S/c1-13-7-11-14-12-9-5-3-2-4-8(9)6-10(12)15-11/h2-5,13H,6-7H2,1H3. The van der Waals surface area contributed by atoms with Crippen molar-refractivity contribution in [3.63, 3.8) is 0 Å². The number of aromatic nitrogens is 1. The van der Waals surface area contributed by atoms with Crippen molar-refractivity contribution in [3.05, 3.63) is 39.7 Å². The highest BCUT2D eigenvalue weighted by Crippen LogP contribution is 2.38. The van der Waals surface area contributed by atoms with E-state index in [1.54, 1.807) is 0 Å². The van der Waals surface area contributed by atoms with Gasteiger partial charge >= 0.3 is 0 Å². The first-order chi connectivity index (χ1) is 7.38. The molecule has 1 N–H and O–H groups in total. The molecule has 0 aliphatic heterocycles. The lowest BCUT2D eigenvalue weighted by atomic mass is 10.1. The van der Waals surface area contributed by atoms with Crippen LogP contribution in [0.5, 0.6) is 0 Å². The lowest BCUT2D eigenvalue weighted by Gasteiger charge is -1.97. The van der Waals surface area contributed by atoms with E-state index in [0.29, 0.717) is 0 Å². The Morgan fingerprint density at radius 1 is 1.40 bits per heavy atom. The molecule has 3 heteroatoms. The molecule has 0 bridgehead atoms. The topological polar surface area (TPSA) is 24.9 Å². The van der Waals surface area contributed by atoms with Crippen molar-refractivity contribution >= 4 is 11.3 Å². The van der Waals surface area contributed by atoms with E-state index in [0.717, 1.165) is 13.0 Å². The average Bonchev–Trinajstić information content (AvgIpc) is 2.75. The molecule has 2 nitrogen and oxygen atoms in total. The summed E-state index contributed by atoms with van der Waals surface area (Å²) in [5.74, 6) is 0. The van der Waals surface area contributed by atoms with E-state index < -0.39 is 0 Å². The van der Waals surface area contributed by atoms with Crippen LogP contribution in [0.1, 0.15) is 15.4 Å². The van der Waals surface area contributed by atoms with Crippen LogP contribution in [0.4, 0.5) is 0 Å². The first-order valence-electron chi connectivity index (χ1n) is 5.10. The Balaban J connectivity index is 2.07. The van der Waals surface area contributed by atoms with Crippen LogP contribution in [0.2, 0.25) is 0 Å². The van der Waals surface area contributed by atoms with Gasteiger partial charge in [0.05, 0.1) is 5.69 Å². The van der Waals surface area contributed by atoms with Crippen LogP contribution >= 0.6 is 11.3 Å². The van der Waals surface area contributed by atoms with Gasteiger partial charge in [0.2, 0.25) is 0 Å². The quantitative estimate of drug-likeness (QED) is 0.711. The SMILES string of the molecule is CNCc1nc2c(s1)Cc1ccccc1-2. The third-order valence-corrected chi connectivity index (χ3v) is 3.75. The largest absolute Gasteiger partial charge is 0.314 e. The number of nitrogens with one attached hydrogen (secondary N) is 1. The molecule has 2 aromatic rings. The summed E-state index contributed by atoms with van der Waals surface area (Å²) in [5.41, 5.74) is 3.95. The molecular weight excluding hydrogens is 204 g/mol. The predicted molar refractivity (Wildman–Crippen MR) is 63.1 cm³/mol. The smallest absolute Gasteiger partial charge is 0.107 e. The van der Waals surface area contributed by atoms with Crippen LogP contribution in [0.25, 0.3) is 11.3 Å². The Kier molecular flexibility index (Phi) is 2.08. The fraction of sp³-hybridized carbons (Fsp3) is 0.250. The Hall–Kier alpha value is -1.19. The summed E-state index contributed by atoms with van der Waals surface area (Å²) in [5, 5.41) is 4.34. The molecule has 0 fully saturated rings. The highest BCUT2D eigenvalue weighted by Gasteiger charge is 2.22. The van der Waals surface area contributed by atoms with Crippen LogP contribution in [0.3, 0.4) is 0 Å². The third kappa shape index (κ3) is 1.39. The van der Waals surface area contributed by atoms with E-state index in [2.05, 4.69) is 34.6 Å². The van der Waals surface area contributed by atoms with E-state index >= 15 is 0 Å². The molecule has 1 aliphatic carbocycles. The summed E-state index contributed by atoms with van der Waals surface area (Å²) < 4.78 is 0. The van der Waals surface area contributed by atoms with Crippen LogP contribution in [-0.2, 0) is 13.0 Å². The summed E-state index contributed by atoms with van der Waals surface area (Å²) in [6.07, 6.45) is 1.06. The summed E-state index contributed by atoms with van der Waals surface area (Å²) in [6, 6.07) is 8.56. The summed E-state index contributed by atoms with van der Waals surface area (Å²) in [4.78, 5) is 6.10. The Bertz CT molecular complexity index is 502. The maximum Gasteiger partial charge on any atom is 0.107 e. The molecule has 1 aromatic heterocycles. The van der Waals surface area contributed by atoms with Gasteiger partial charge in [-0.05, 0) is 12.6 Å². The minimum absolute atomic E-state index is 0.875. The molecule has 1 aliphatic rings. The van der Waals surface area contributed by atoms with Gasteiger partial charge in [0.25, 0.3) is 0 Å². The van der Waals surface area contributed by atoms with Crippen molar-refractivity contribution in [2.45, 2.75) is 13.0 Å². The van der Waals surface area contributed by atoms with E-state index in [-0.39, 0.29) is 0 Å². The van der Waals surface area contributed by atoms with Crippen molar-refractivity contribution < 1.29 is 0 Å². The number of thiazole rings is 1. The van der Waals surface area contributed by atoms with Crippen molar-refractivity contribution in [1.82, 2.24) is 10.3 Å². The molecule has 0 atom stereocenters. The Labute approximate surface area is 93.0 Å². The number of hydrogen-bond acceptors (Lipinski definition) is 3. The summed E-state index contributed by atoms with van der Waals surface area (Å²) in [7, 11) is 1.96. The molecule has 76 valence electrons. The summed E-state index contributed by atoms with van der Waals surface area (Å²) in [6.45, 7) is 0.875. The van der Waals surface area contributed by atoms with Gasteiger partial charge in [0, 0.05) is 23.4 Å². The molecule has 15 heavy (non-hydrogen) atoms. The van der Waals surface area contributed by atoms with E-state index in [1.165, 1.54) is 26.7 Å². The van der Waals surface area contributed by atoms with Gasteiger partial charge in [0.1, 0.15) is 5.01 Å². The lowest BCUT2D eigenvalue weighted by Crippen LogP contribution is -2.04. The minimum Gasteiger partial charge on any atom is -0.314 e. The zero-order valence-electron chi connectivity index (χ0n) is 8.58. The van der Waals surface area contributed by atoms with E-state index in [4.69, 9.17) is 0 Å². The Morgan fingerprint density at radius 3 is 3.13 bits per heavy atom. The molecule has 0 unspecified atom stereocenters. The maximum atomic E-state index is 4.68. The number of nitrogens with zero attached hydrogens (tertiary/aromatic N) is 1. The first-order valence-corrected chi connectivity index (χ1v) is 5.91. The van der Waals surface area contributed by atoms with Gasteiger partial charge in [-0.3, -0.25) is 0 Å². The van der Waals surface area contributed by atoms with Gasteiger partial charge in [-0.25, -0.2) is 4.98 Å².